The van der Waals surface area contributed by atoms with Gasteiger partial charge in [-0.05, 0) is 18.2 Å². The summed E-state index contributed by atoms with van der Waals surface area (Å²) in [6.07, 6.45) is 1.55. The predicted octanol–water partition coefficient (Wildman–Crippen LogP) is 2.18. The average Bonchev–Trinajstić information content (AvgIpc) is 3.07. The van der Waals surface area contributed by atoms with Gasteiger partial charge in [-0.25, -0.2) is 4.79 Å². The number of carboxylic acids is 1. The van der Waals surface area contributed by atoms with E-state index in [0.29, 0.717) is 22.5 Å². The van der Waals surface area contributed by atoms with E-state index in [1.165, 1.54) is 22.9 Å². The Labute approximate surface area is 147 Å². The van der Waals surface area contributed by atoms with Crippen LogP contribution in [0.4, 0.5) is 5.69 Å². The van der Waals surface area contributed by atoms with Crippen molar-refractivity contribution < 1.29 is 14.8 Å². The molecule has 0 aliphatic carbocycles. The summed E-state index contributed by atoms with van der Waals surface area (Å²) in [5.41, 5.74) is 7.73. The van der Waals surface area contributed by atoms with Crippen LogP contribution in [0, 0.1) is 10.1 Å². The molecule has 0 unspecified atom stereocenters. The van der Waals surface area contributed by atoms with Crippen molar-refractivity contribution in [3.63, 3.8) is 0 Å². The van der Waals surface area contributed by atoms with E-state index in [-0.39, 0.29) is 24.5 Å². The number of nitrogens with zero attached hydrogens (tertiary/aromatic N) is 4. The van der Waals surface area contributed by atoms with E-state index < -0.39 is 10.9 Å². The first-order valence-corrected chi connectivity index (χ1v) is 7.72. The van der Waals surface area contributed by atoms with Gasteiger partial charge in [-0.1, -0.05) is 12.1 Å². The van der Waals surface area contributed by atoms with Gasteiger partial charge in [-0.3, -0.25) is 19.8 Å². The van der Waals surface area contributed by atoms with Gasteiger partial charge >= 0.3 is 5.97 Å². The molecule has 2 heterocycles. The second-order valence-electron chi connectivity index (χ2n) is 5.47. The maximum absolute atomic E-state index is 11.4. The van der Waals surface area contributed by atoms with Crippen LogP contribution in [0.2, 0.25) is 0 Å². The van der Waals surface area contributed by atoms with Crippen LogP contribution in [-0.4, -0.2) is 37.3 Å². The van der Waals surface area contributed by atoms with Crippen LogP contribution < -0.4 is 5.73 Å². The van der Waals surface area contributed by atoms with Crippen LogP contribution in [-0.2, 0) is 6.54 Å². The first kappa shape index (κ1) is 17.2. The van der Waals surface area contributed by atoms with Gasteiger partial charge < -0.3 is 10.8 Å². The number of rotatable bonds is 6. The van der Waals surface area contributed by atoms with E-state index in [9.17, 15) is 20.0 Å². The van der Waals surface area contributed by atoms with Gasteiger partial charge in [0.1, 0.15) is 5.69 Å². The Bertz CT molecular complexity index is 983. The summed E-state index contributed by atoms with van der Waals surface area (Å²) in [6.45, 7) is 0.543. The fourth-order valence-electron chi connectivity index (χ4n) is 2.55. The highest BCUT2D eigenvalue weighted by molar-refractivity contribution is 5.87. The molecule has 0 saturated heterocycles. The molecule has 3 aromatic rings. The molecule has 0 amide bonds. The molecule has 0 bridgehead atoms. The van der Waals surface area contributed by atoms with Crippen molar-refractivity contribution in [2.45, 2.75) is 6.54 Å². The largest absolute Gasteiger partial charge is 0.477 e. The molecule has 0 aliphatic rings. The summed E-state index contributed by atoms with van der Waals surface area (Å²) in [4.78, 5) is 26.1. The summed E-state index contributed by atoms with van der Waals surface area (Å²) < 4.78 is 1.34. The summed E-state index contributed by atoms with van der Waals surface area (Å²) in [5, 5.41) is 24.5. The molecule has 0 saturated carbocycles. The van der Waals surface area contributed by atoms with E-state index in [1.807, 2.05) is 0 Å². The lowest BCUT2D eigenvalue weighted by Gasteiger charge is -2.03. The molecule has 26 heavy (non-hydrogen) atoms. The van der Waals surface area contributed by atoms with Crippen LogP contribution >= 0.6 is 0 Å². The SMILES string of the molecule is NCCn1nc(-c2ccnc(-c3cccc([N+](=O)[O-])c3)c2)cc1C(=O)O. The van der Waals surface area contributed by atoms with Gasteiger partial charge in [-0.15, -0.1) is 0 Å². The Morgan fingerprint density at radius 1 is 1.19 bits per heavy atom. The van der Waals surface area contributed by atoms with Crippen LogP contribution in [0.5, 0.6) is 0 Å². The summed E-state index contributed by atoms with van der Waals surface area (Å²) in [5.74, 6) is -1.09. The number of nitro groups is 1. The van der Waals surface area contributed by atoms with Crippen molar-refractivity contribution in [2.24, 2.45) is 5.73 Å². The fourth-order valence-corrected chi connectivity index (χ4v) is 2.55. The van der Waals surface area contributed by atoms with Crippen molar-refractivity contribution in [3.8, 4) is 22.5 Å². The highest BCUT2D eigenvalue weighted by atomic mass is 16.6. The Kier molecular flexibility index (Phi) is 4.72. The minimum Gasteiger partial charge on any atom is -0.477 e. The molecule has 9 heteroatoms. The summed E-state index contributed by atoms with van der Waals surface area (Å²) in [6, 6.07) is 11.0. The number of nitro benzene ring substituents is 1. The number of non-ortho nitro benzene ring substituents is 1. The van der Waals surface area contributed by atoms with Gasteiger partial charge in [-0.2, -0.15) is 5.10 Å². The maximum Gasteiger partial charge on any atom is 0.354 e. The molecule has 3 rings (SSSR count). The van der Waals surface area contributed by atoms with E-state index in [1.54, 1.807) is 30.5 Å². The molecule has 9 nitrogen and oxygen atoms in total. The Morgan fingerprint density at radius 3 is 2.65 bits per heavy atom. The molecule has 2 aromatic heterocycles. The van der Waals surface area contributed by atoms with Crippen LogP contribution in [0.3, 0.4) is 0 Å². The average molecular weight is 353 g/mol. The van der Waals surface area contributed by atoms with E-state index >= 15 is 0 Å². The maximum atomic E-state index is 11.4. The Balaban J connectivity index is 2.03. The van der Waals surface area contributed by atoms with Crippen LogP contribution in [0.1, 0.15) is 10.5 Å². The molecule has 0 aliphatic heterocycles. The monoisotopic (exact) mass is 353 g/mol. The first-order valence-electron chi connectivity index (χ1n) is 7.72. The molecule has 3 N–H and O–H groups in total. The van der Waals surface area contributed by atoms with E-state index in [0.717, 1.165) is 0 Å². The standard InChI is InChI=1S/C17H15N5O4/c18-5-7-21-16(17(23)24)10-15(20-21)12-4-6-19-14(9-12)11-2-1-3-13(8-11)22(25)26/h1-4,6,8-10H,5,7,18H2,(H,23,24). The van der Waals surface area contributed by atoms with Gasteiger partial charge in [0.25, 0.3) is 5.69 Å². The van der Waals surface area contributed by atoms with Gasteiger partial charge in [0.05, 0.1) is 22.9 Å². The summed E-state index contributed by atoms with van der Waals surface area (Å²) >= 11 is 0. The van der Waals surface area contributed by atoms with Crippen molar-refractivity contribution in [1.29, 1.82) is 0 Å². The first-order chi connectivity index (χ1) is 12.5. The topological polar surface area (TPSA) is 137 Å². The zero-order valence-electron chi connectivity index (χ0n) is 13.6. The molecular formula is C17H15N5O4. The van der Waals surface area contributed by atoms with E-state index in [4.69, 9.17) is 5.73 Å². The summed E-state index contributed by atoms with van der Waals surface area (Å²) in [7, 11) is 0. The predicted molar refractivity (Wildman–Crippen MR) is 93.6 cm³/mol. The van der Waals surface area contributed by atoms with Crippen LogP contribution in [0.15, 0.2) is 48.7 Å². The molecular weight excluding hydrogens is 338 g/mol. The van der Waals surface area contributed by atoms with Gasteiger partial charge in [0.2, 0.25) is 0 Å². The number of pyridine rings is 1. The normalized spacial score (nSPS) is 10.7. The number of benzene rings is 1. The lowest BCUT2D eigenvalue weighted by molar-refractivity contribution is -0.384. The molecule has 0 spiro atoms. The quantitative estimate of drug-likeness (QED) is 0.511. The minimum atomic E-state index is -1.09. The fraction of sp³-hybridized carbons (Fsp3) is 0.118. The number of carbonyl (C=O) groups is 1. The van der Waals surface area contributed by atoms with Crippen molar-refractivity contribution in [1.82, 2.24) is 14.8 Å². The molecule has 0 radical (unpaired) electrons. The highest BCUT2D eigenvalue weighted by Gasteiger charge is 2.16. The van der Waals surface area contributed by atoms with Crippen molar-refractivity contribution in [2.75, 3.05) is 6.54 Å². The van der Waals surface area contributed by atoms with Gasteiger partial charge in [0, 0.05) is 36.0 Å². The molecule has 0 atom stereocenters. The zero-order valence-corrected chi connectivity index (χ0v) is 13.6. The number of hydrogen-bond donors (Lipinski definition) is 2. The lowest BCUT2D eigenvalue weighted by atomic mass is 10.1. The highest BCUT2D eigenvalue weighted by Crippen LogP contribution is 2.26. The van der Waals surface area contributed by atoms with Crippen LogP contribution in [0.25, 0.3) is 22.5 Å². The number of carboxylic acid groups (broad SMARTS) is 1. The lowest BCUT2D eigenvalue weighted by Crippen LogP contribution is -2.16. The molecule has 0 fully saturated rings. The van der Waals surface area contributed by atoms with Gasteiger partial charge in [0.15, 0.2) is 0 Å². The smallest absolute Gasteiger partial charge is 0.354 e. The number of hydrogen-bond acceptors (Lipinski definition) is 6. The van der Waals surface area contributed by atoms with E-state index in [2.05, 4.69) is 10.1 Å². The third kappa shape index (κ3) is 3.42. The number of aromatic nitrogens is 3. The van der Waals surface area contributed by atoms with Crippen molar-refractivity contribution >= 4 is 11.7 Å². The molecule has 132 valence electrons. The second-order valence-corrected chi connectivity index (χ2v) is 5.47. The minimum absolute atomic E-state index is 0.0323. The number of nitrogens with two attached hydrogens (primary N) is 1. The Morgan fingerprint density at radius 2 is 1.96 bits per heavy atom. The molecule has 1 aromatic carbocycles. The second kappa shape index (κ2) is 7.11. The van der Waals surface area contributed by atoms with Crippen molar-refractivity contribution in [3.05, 3.63) is 64.5 Å². The third-order valence-corrected chi connectivity index (χ3v) is 3.75. The third-order valence-electron chi connectivity index (χ3n) is 3.75. The number of aromatic carboxylic acids is 1. The zero-order chi connectivity index (χ0) is 18.7. The Hall–Kier alpha value is -3.59.